The van der Waals surface area contributed by atoms with Crippen molar-refractivity contribution in [2.24, 2.45) is 0 Å². The van der Waals surface area contributed by atoms with Gasteiger partial charge in [0.1, 0.15) is 23.0 Å². The molecule has 1 amide bonds. The highest BCUT2D eigenvalue weighted by Gasteiger charge is 2.50. The largest absolute Gasteiger partial charge is 0.489 e. The molecule has 2 fully saturated rings. The topological polar surface area (TPSA) is 73.8 Å². The second-order valence-corrected chi connectivity index (χ2v) is 6.67. The fourth-order valence-corrected chi connectivity index (χ4v) is 3.59. The standard InChI is InChI=1S/C19H21N3O4/c1-24-17-16(5-3-8-21-17)18(23)22-12-19(13-22)10-14(6-9-25-19)26-15-4-2-7-20-11-15/h2-5,7-8,11,14H,6,9-10,12-13H2,1H3. The van der Waals surface area contributed by atoms with Gasteiger partial charge in [-0.15, -0.1) is 0 Å². The minimum absolute atomic E-state index is 0.0677. The molecule has 0 bridgehead atoms. The van der Waals surface area contributed by atoms with Crippen LogP contribution in [0, 0.1) is 0 Å². The second kappa shape index (κ2) is 6.92. The molecule has 2 saturated heterocycles. The summed E-state index contributed by atoms with van der Waals surface area (Å²) < 4.78 is 17.2. The monoisotopic (exact) mass is 355 g/mol. The molecular weight excluding hydrogens is 334 g/mol. The Hall–Kier alpha value is -2.67. The Morgan fingerprint density at radius 1 is 1.31 bits per heavy atom. The summed E-state index contributed by atoms with van der Waals surface area (Å²) in [7, 11) is 1.52. The predicted octanol–water partition coefficient (Wildman–Crippen LogP) is 1.94. The predicted molar refractivity (Wildman–Crippen MR) is 93.3 cm³/mol. The van der Waals surface area contributed by atoms with Gasteiger partial charge in [-0.05, 0) is 24.3 Å². The van der Waals surface area contributed by atoms with E-state index in [1.54, 1.807) is 35.6 Å². The molecule has 2 aliphatic heterocycles. The lowest BCUT2D eigenvalue weighted by atomic mass is 9.84. The van der Waals surface area contributed by atoms with E-state index >= 15 is 0 Å². The molecule has 0 N–H and O–H groups in total. The summed E-state index contributed by atoms with van der Waals surface area (Å²) in [5.41, 5.74) is 0.153. The van der Waals surface area contributed by atoms with Gasteiger partial charge >= 0.3 is 0 Å². The summed E-state index contributed by atoms with van der Waals surface area (Å²) in [5.74, 6) is 1.03. The smallest absolute Gasteiger partial charge is 0.259 e. The molecule has 26 heavy (non-hydrogen) atoms. The van der Waals surface area contributed by atoms with Crippen molar-refractivity contribution in [1.82, 2.24) is 14.9 Å². The number of carbonyl (C=O) groups excluding carboxylic acids is 1. The van der Waals surface area contributed by atoms with E-state index in [9.17, 15) is 4.79 Å². The molecule has 1 spiro atoms. The van der Waals surface area contributed by atoms with Crippen LogP contribution in [0.2, 0.25) is 0 Å². The van der Waals surface area contributed by atoms with Crippen LogP contribution in [-0.2, 0) is 4.74 Å². The first-order chi connectivity index (χ1) is 12.7. The van der Waals surface area contributed by atoms with Crippen LogP contribution in [0.25, 0.3) is 0 Å². The Morgan fingerprint density at radius 3 is 2.92 bits per heavy atom. The number of aromatic nitrogens is 2. The van der Waals surface area contributed by atoms with Crippen LogP contribution >= 0.6 is 0 Å². The molecular formula is C19H21N3O4. The van der Waals surface area contributed by atoms with Gasteiger partial charge in [0.25, 0.3) is 5.91 Å². The molecule has 0 saturated carbocycles. The number of pyridine rings is 2. The van der Waals surface area contributed by atoms with E-state index in [0.717, 1.165) is 18.6 Å². The van der Waals surface area contributed by atoms with E-state index in [-0.39, 0.29) is 17.6 Å². The van der Waals surface area contributed by atoms with E-state index in [0.29, 0.717) is 31.1 Å². The molecule has 0 aliphatic carbocycles. The first-order valence-corrected chi connectivity index (χ1v) is 8.68. The van der Waals surface area contributed by atoms with Crippen LogP contribution in [0.15, 0.2) is 42.9 Å². The summed E-state index contributed by atoms with van der Waals surface area (Å²) in [5, 5.41) is 0. The van der Waals surface area contributed by atoms with Crippen LogP contribution < -0.4 is 9.47 Å². The molecule has 0 aromatic carbocycles. The highest BCUT2D eigenvalue weighted by atomic mass is 16.5. The molecule has 0 radical (unpaired) electrons. The van der Waals surface area contributed by atoms with Crippen LogP contribution in [0.4, 0.5) is 0 Å². The molecule has 4 heterocycles. The first kappa shape index (κ1) is 16.8. The molecule has 4 rings (SSSR count). The maximum absolute atomic E-state index is 12.7. The van der Waals surface area contributed by atoms with Crippen molar-refractivity contribution < 1.29 is 19.0 Å². The van der Waals surface area contributed by atoms with Gasteiger partial charge in [0, 0.05) is 25.2 Å². The van der Waals surface area contributed by atoms with Gasteiger partial charge in [-0.2, -0.15) is 0 Å². The lowest BCUT2D eigenvalue weighted by Crippen LogP contribution is -2.67. The van der Waals surface area contributed by atoms with E-state index < -0.39 is 0 Å². The van der Waals surface area contributed by atoms with Crippen molar-refractivity contribution in [2.45, 2.75) is 24.5 Å². The third-order valence-corrected chi connectivity index (χ3v) is 4.83. The molecule has 2 aliphatic rings. The SMILES string of the molecule is COc1ncccc1C(=O)N1CC2(CC(Oc3cccnc3)CCO2)C1. The van der Waals surface area contributed by atoms with Crippen molar-refractivity contribution in [3.63, 3.8) is 0 Å². The number of methoxy groups -OCH3 is 1. The molecule has 7 nitrogen and oxygen atoms in total. The van der Waals surface area contributed by atoms with Crippen LogP contribution in [0.3, 0.4) is 0 Å². The number of hydrogen-bond acceptors (Lipinski definition) is 6. The van der Waals surface area contributed by atoms with Crippen molar-refractivity contribution in [3.8, 4) is 11.6 Å². The summed E-state index contributed by atoms with van der Waals surface area (Å²) >= 11 is 0. The summed E-state index contributed by atoms with van der Waals surface area (Å²) in [4.78, 5) is 22.7. The van der Waals surface area contributed by atoms with E-state index in [2.05, 4.69) is 9.97 Å². The van der Waals surface area contributed by atoms with Gasteiger partial charge in [-0.25, -0.2) is 4.98 Å². The maximum Gasteiger partial charge on any atom is 0.259 e. The van der Waals surface area contributed by atoms with Crippen LogP contribution in [0.1, 0.15) is 23.2 Å². The highest BCUT2D eigenvalue weighted by Crippen LogP contribution is 2.36. The molecule has 2 aromatic heterocycles. The van der Waals surface area contributed by atoms with E-state index in [4.69, 9.17) is 14.2 Å². The second-order valence-electron chi connectivity index (χ2n) is 6.67. The Balaban J connectivity index is 1.39. The zero-order valence-corrected chi connectivity index (χ0v) is 14.6. The van der Waals surface area contributed by atoms with Crippen LogP contribution in [0.5, 0.6) is 11.6 Å². The van der Waals surface area contributed by atoms with Gasteiger partial charge in [-0.3, -0.25) is 9.78 Å². The first-order valence-electron chi connectivity index (χ1n) is 8.68. The fraction of sp³-hybridized carbons (Fsp3) is 0.421. The van der Waals surface area contributed by atoms with Crippen molar-refractivity contribution in [1.29, 1.82) is 0 Å². The Morgan fingerprint density at radius 2 is 2.15 bits per heavy atom. The number of likely N-dealkylation sites (tertiary alicyclic amines) is 1. The Kier molecular flexibility index (Phi) is 4.46. The van der Waals surface area contributed by atoms with E-state index in [1.807, 2.05) is 12.1 Å². The molecule has 1 atom stereocenters. The maximum atomic E-state index is 12.7. The highest BCUT2D eigenvalue weighted by molar-refractivity contribution is 5.97. The fourth-order valence-electron chi connectivity index (χ4n) is 3.59. The summed E-state index contributed by atoms with van der Waals surface area (Å²) in [6.45, 7) is 1.73. The average Bonchev–Trinajstić information content (AvgIpc) is 2.66. The van der Waals surface area contributed by atoms with Crippen molar-refractivity contribution in [3.05, 3.63) is 48.4 Å². The minimum Gasteiger partial charge on any atom is -0.489 e. The lowest BCUT2D eigenvalue weighted by molar-refractivity contribution is -0.173. The number of rotatable bonds is 4. The zero-order valence-electron chi connectivity index (χ0n) is 14.6. The number of amides is 1. The van der Waals surface area contributed by atoms with Gasteiger partial charge in [0.15, 0.2) is 0 Å². The number of ether oxygens (including phenoxy) is 3. The quantitative estimate of drug-likeness (QED) is 0.834. The van der Waals surface area contributed by atoms with Crippen molar-refractivity contribution >= 4 is 5.91 Å². The van der Waals surface area contributed by atoms with Gasteiger partial charge in [0.05, 0.1) is 33.0 Å². The number of hydrogen-bond donors (Lipinski definition) is 0. The molecule has 2 aromatic rings. The van der Waals surface area contributed by atoms with Gasteiger partial charge < -0.3 is 19.1 Å². The zero-order chi connectivity index (χ0) is 18.0. The number of carbonyl (C=O) groups is 1. The van der Waals surface area contributed by atoms with Gasteiger partial charge in [0.2, 0.25) is 5.88 Å². The molecule has 136 valence electrons. The Labute approximate surface area is 151 Å². The normalized spacial score (nSPS) is 21.1. The Bertz CT molecular complexity index is 777. The third kappa shape index (κ3) is 3.22. The van der Waals surface area contributed by atoms with Gasteiger partial charge in [-0.1, -0.05) is 0 Å². The molecule has 1 unspecified atom stereocenters. The average molecular weight is 355 g/mol. The number of nitrogens with zero attached hydrogens (tertiary/aromatic N) is 3. The minimum atomic E-state index is -0.323. The van der Waals surface area contributed by atoms with Crippen LogP contribution in [-0.4, -0.2) is 59.3 Å². The lowest BCUT2D eigenvalue weighted by Gasteiger charge is -2.52. The summed E-state index contributed by atoms with van der Waals surface area (Å²) in [6, 6.07) is 7.23. The third-order valence-electron chi connectivity index (χ3n) is 4.83. The van der Waals surface area contributed by atoms with Crippen molar-refractivity contribution in [2.75, 3.05) is 26.8 Å². The molecule has 7 heteroatoms. The van der Waals surface area contributed by atoms with E-state index in [1.165, 1.54) is 7.11 Å². The summed E-state index contributed by atoms with van der Waals surface area (Å²) in [6.07, 6.45) is 6.71.